The fourth-order valence-electron chi connectivity index (χ4n) is 3.69. The van der Waals surface area contributed by atoms with E-state index in [0.29, 0.717) is 17.2 Å². The number of hydrogen-bond donors (Lipinski definition) is 1. The molecule has 0 radical (unpaired) electrons. The zero-order chi connectivity index (χ0) is 18.6. The average Bonchev–Trinajstić information content (AvgIpc) is 3.02. The van der Waals surface area contributed by atoms with Crippen molar-refractivity contribution in [2.75, 3.05) is 25.8 Å². The summed E-state index contributed by atoms with van der Waals surface area (Å²) in [6.45, 7) is 0.964. The van der Waals surface area contributed by atoms with Crippen LogP contribution in [-0.4, -0.2) is 31.4 Å². The van der Waals surface area contributed by atoms with Crippen molar-refractivity contribution in [3.8, 4) is 17.2 Å². The molecule has 27 heavy (non-hydrogen) atoms. The zero-order valence-corrected chi connectivity index (χ0v) is 15.4. The minimum atomic E-state index is -0.0865. The molecule has 1 fully saturated rings. The van der Waals surface area contributed by atoms with E-state index in [-0.39, 0.29) is 18.9 Å². The van der Waals surface area contributed by atoms with Gasteiger partial charge in [-0.15, -0.1) is 0 Å². The van der Waals surface area contributed by atoms with Gasteiger partial charge in [0.15, 0.2) is 11.5 Å². The SMILES string of the molecule is COc1ccc(C2CCCCCN2C(=O)Nc2ccc3c(c2)OCO3)cc1. The van der Waals surface area contributed by atoms with Gasteiger partial charge in [0.1, 0.15) is 5.75 Å². The third-order valence-electron chi connectivity index (χ3n) is 5.14. The summed E-state index contributed by atoms with van der Waals surface area (Å²) in [4.78, 5) is 15.0. The molecule has 2 aromatic rings. The van der Waals surface area contributed by atoms with Crippen LogP contribution in [0.4, 0.5) is 10.5 Å². The van der Waals surface area contributed by atoms with Crippen LogP contribution in [0.3, 0.4) is 0 Å². The van der Waals surface area contributed by atoms with Crippen molar-refractivity contribution in [1.29, 1.82) is 0 Å². The van der Waals surface area contributed by atoms with Gasteiger partial charge in [-0.2, -0.15) is 0 Å². The monoisotopic (exact) mass is 368 g/mol. The van der Waals surface area contributed by atoms with Crippen LogP contribution in [-0.2, 0) is 0 Å². The van der Waals surface area contributed by atoms with E-state index in [0.717, 1.165) is 43.5 Å². The summed E-state index contributed by atoms with van der Waals surface area (Å²) in [6.07, 6.45) is 4.23. The number of likely N-dealkylation sites (tertiary alicyclic amines) is 1. The predicted octanol–water partition coefficient (Wildman–Crippen LogP) is 4.57. The van der Waals surface area contributed by atoms with Crippen LogP contribution in [0.15, 0.2) is 42.5 Å². The molecule has 1 saturated heterocycles. The zero-order valence-electron chi connectivity index (χ0n) is 15.4. The lowest BCUT2D eigenvalue weighted by atomic mass is 10.0. The number of fused-ring (bicyclic) bond motifs is 1. The van der Waals surface area contributed by atoms with Crippen molar-refractivity contribution >= 4 is 11.7 Å². The molecule has 142 valence electrons. The number of nitrogens with one attached hydrogen (secondary N) is 1. The second kappa shape index (κ2) is 7.78. The van der Waals surface area contributed by atoms with Gasteiger partial charge < -0.3 is 24.4 Å². The van der Waals surface area contributed by atoms with Crippen LogP contribution in [0.5, 0.6) is 17.2 Å². The van der Waals surface area contributed by atoms with Gasteiger partial charge in [0, 0.05) is 18.3 Å². The lowest BCUT2D eigenvalue weighted by Gasteiger charge is -2.30. The fourth-order valence-corrected chi connectivity index (χ4v) is 3.69. The van der Waals surface area contributed by atoms with E-state index in [1.165, 1.54) is 0 Å². The Morgan fingerprint density at radius 3 is 2.70 bits per heavy atom. The number of carbonyl (C=O) groups is 1. The number of rotatable bonds is 3. The average molecular weight is 368 g/mol. The molecular formula is C21H24N2O4. The Morgan fingerprint density at radius 1 is 1.07 bits per heavy atom. The number of benzene rings is 2. The maximum atomic E-state index is 13.0. The predicted molar refractivity (Wildman–Crippen MR) is 102 cm³/mol. The fraction of sp³-hybridized carbons (Fsp3) is 0.381. The maximum absolute atomic E-state index is 13.0. The Bertz CT molecular complexity index is 806. The van der Waals surface area contributed by atoms with Gasteiger partial charge in [-0.3, -0.25) is 0 Å². The van der Waals surface area contributed by atoms with Gasteiger partial charge in [-0.05, 0) is 42.7 Å². The van der Waals surface area contributed by atoms with E-state index in [1.807, 2.05) is 29.2 Å². The molecule has 0 saturated carbocycles. The second-order valence-corrected chi connectivity index (χ2v) is 6.83. The molecule has 2 heterocycles. The third-order valence-corrected chi connectivity index (χ3v) is 5.14. The summed E-state index contributed by atoms with van der Waals surface area (Å²) in [5, 5.41) is 3.02. The van der Waals surface area contributed by atoms with Gasteiger partial charge in [0.2, 0.25) is 6.79 Å². The summed E-state index contributed by atoms with van der Waals surface area (Å²) in [6, 6.07) is 13.4. The number of ether oxygens (including phenoxy) is 3. The molecule has 2 amide bonds. The molecule has 4 rings (SSSR count). The number of carbonyl (C=O) groups excluding carboxylic acids is 1. The number of methoxy groups -OCH3 is 1. The van der Waals surface area contributed by atoms with Gasteiger partial charge in [-0.1, -0.05) is 25.0 Å². The van der Waals surface area contributed by atoms with E-state index in [9.17, 15) is 4.79 Å². The Labute approximate surface area is 159 Å². The Kier molecular flexibility index (Phi) is 5.05. The quantitative estimate of drug-likeness (QED) is 0.862. The highest BCUT2D eigenvalue weighted by molar-refractivity contribution is 5.90. The largest absolute Gasteiger partial charge is 0.497 e. The van der Waals surface area contributed by atoms with E-state index in [1.54, 1.807) is 13.2 Å². The molecule has 2 aliphatic heterocycles. The molecule has 2 aromatic carbocycles. The molecule has 6 nitrogen and oxygen atoms in total. The number of nitrogens with zero attached hydrogens (tertiary/aromatic N) is 1. The molecule has 2 aliphatic rings. The third kappa shape index (κ3) is 3.79. The van der Waals surface area contributed by atoms with Crippen LogP contribution in [0.25, 0.3) is 0 Å². The molecule has 1 N–H and O–H groups in total. The first kappa shape index (κ1) is 17.5. The number of hydrogen-bond acceptors (Lipinski definition) is 4. The van der Waals surface area contributed by atoms with Crippen LogP contribution in [0.2, 0.25) is 0 Å². The lowest BCUT2D eigenvalue weighted by Crippen LogP contribution is -2.38. The maximum Gasteiger partial charge on any atom is 0.322 e. The Balaban J connectivity index is 1.53. The summed E-state index contributed by atoms with van der Waals surface area (Å²) < 4.78 is 16.0. The molecule has 6 heteroatoms. The second-order valence-electron chi connectivity index (χ2n) is 6.83. The first-order valence-corrected chi connectivity index (χ1v) is 9.36. The van der Waals surface area contributed by atoms with Gasteiger partial charge in [0.05, 0.1) is 13.2 Å². The number of anilines is 1. The van der Waals surface area contributed by atoms with Gasteiger partial charge >= 0.3 is 6.03 Å². The van der Waals surface area contributed by atoms with Crippen LogP contribution in [0, 0.1) is 0 Å². The van der Waals surface area contributed by atoms with E-state index in [4.69, 9.17) is 14.2 Å². The molecule has 1 atom stereocenters. The van der Waals surface area contributed by atoms with Crippen molar-refractivity contribution in [2.24, 2.45) is 0 Å². The summed E-state index contributed by atoms with van der Waals surface area (Å²) in [5.74, 6) is 2.19. The van der Waals surface area contributed by atoms with E-state index in [2.05, 4.69) is 17.4 Å². The van der Waals surface area contributed by atoms with Crippen LogP contribution in [0.1, 0.15) is 37.3 Å². The minimum absolute atomic E-state index is 0.0624. The highest BCUT2D eigenvalue weighted by Gasteiger charge is 2.27. The number of amides is 2. The van der Waals surface area contributed by atoms with Crippen molar-refractivity contribution < 1.29 is 19.0 Å². The van der Waals surface area contributed by atoms with Crippen molar-refractivity contribution in [3.05, 3.63) is 48.0 Å². The molecule has 1 unspecified atom stereocenters. The summed E-state index contributed by atoms with van der Waals surface area (Å²) in [5.41, 5.74) is 1.85. The van der Waals surface area contributed by atoms with E-state index >= 15 is 0 Å². The van der Waals surface area contributed by atoms with Crippen molar-refractivity contribution in [2.45, 2.75) is 31.7 Å². The first-order valence-electron chi connectivity index (χ1n) is 9.36. The molecule has 0 aromatic heterocycles. The van der Waals surface area contributed by atoms with Gasteiger partial charge in [-0.25, -0.2) is 4.79 Å². The van der Waals surface area contributed by atoms with Crippen molar-refractivity contribution in [3.63, 3.8) is 0 Å². The Morgan fingerprint density at radius 2 is 1.89 bits per heavy atom. The molecule has 0 spiro atoms. The van der Waals surface area contributed by atoms with Crippen molar-refractivity contribution in [1.82, 2.24) is 4.90 Å². The van der Waals surface area contributed by atoms with Gasteiger partial charge in [0.25, 0.3) is 0 Å². The highest BCUT2D eigenvalue weighted by atomic mass is 16.7. The Hall–Kier alpha value is -2.89. The smallest absolute Gasteiger partial charge is 0.322 e. The lowest BCUT2D eigenvalue weighted by molar-refractivity contribution is 0.174. The standard InChI is InChI=1S/C21H24N2O4/c1-25-17-9-6-15(7-10-17)18-5-3-2-4-12-23(18)21(24)22-16-8-11-19-20(13-16)27-14-26-19/h6-11,13,18H,2-5,12,14H2,1H3,(H,22,24). The molecule has 0 aliphatic carbocycles. The van der Waals surface area contributed by atoms with E-state index < -0.39 is 0 Å². The summed E-state index contributed by atoms with van der Waals surface area (Å²) in [7, 11) is 1.66. The first-order chi connectivity index (χ1) is 13.2. The van der Waals surface area contributed by atoms with Crippen LogP contribution < -0.4 is 19.5 Å². The molecular weight excluding hydrogens is 344 g/mol. The normalized spacial score (nSPS) is 18.7. The highest BCUT2D eigenvalue weighted by Crippen LogP contribution is 2.35. The van der Waals surface area contributed by atoms with Crippen LogP contribution >= 0.6 is 0 Å². The minimum Gasteiger partial charge on any atom is -0.497 e. The topological polar surface area (TPSA) is 60.0 Å². The molecule has 0 bridgehead atoms. The summed E-state index contributed by atoms with van der Waals surface area (Å²) >= 11 is 0. The number of urea groups is 1.